The minimum Gasteiger partial charge on any atom is -0.497 e. The molecule has 0 N–H and O–H groups in total. The summed E-state index contributed by atoms with van der Waals surface area (Å²) < 4.78 is 5.43. The fraction of sp³-hybridized carbons (Fsp3) is 0.400. The molecule has 0 saturated carbocycles. The third-order valence-electron chi connectivity index (χ3n) is 5.57. The number of likely N-dealkylation sites (tertiary alicyclic amines) is 1. The van der Waals surface area contributed by atoms with Crippen molar-refractivity contribution in [3.8, 4) is 5.75 Å². The van der Waals surface area contributed by atoms with E-state index in [1.54, 1.807) is 12.7 Å². The van der Waals surface area contributed by atoms with Crippen molar-refractivity contribution >= 4 is 12.4 Å². The summed E-state index contributed by atoms with van der Waals surface area (Å²) in [5.41, 5.74) is 4.47. The molecule has 4 rings (SSSR count). The van der Waals surface area contributed by atoms with Gasteiger partial charge in [-0.25, -0.2) is 0 Å². The van der Waals surface area contributed by atoms with Gasteiger partial charge >= 0.3 is 0 Å². The molecule has 2 aromatic carbocycles. The number of hydrogen-bond donors (Lipinski definition) is 0. The standard InChI is InChI=1S/C20H23NO.ClH/c1-21-11-10-18-16-8-3-4-9-17(16)19(13-20(18)21)14-6-5-7-15(12-14)22-2;/h3-9,12,18-20H,10-11,13H2,1-2H3;1H/t18?,19?,20-;/m0./s1. The molecule has 0 amide bonds. The second-order valence-corrected chi connectivity index (χ2v) is 6.64. The first kappa shape index (κ1) is 16.4. The van der Waals surface area contributed by atoms with Crippen molar-refractivity contribution in [3.05, 3.63) is 65.2 Å². The summed E-state index contributed by atoms with van der Waals surface area (Å²) in [6.45, 7) is 1.22. The second kappa shape index (κ2) is 6.54. The van der Waals surface area contributed by atoms with E-state index in [0.29, 0.717) is 17.9 Å². The first-order valence-corrected chi connectivity index (χ1v) is 8.21. The highest BCUT2D eigenvalue weighted by Crippen LogP contribution is 2.48. The average Bonchev–Trinajstić information content (AvgIpc) is 2.95. The molecule has 3 atom stereocenters. The van der Waals surface area contributed by atoms with Crippen molar-refractivity contribution in [1.29, 1.82) is 0 Å². The lowest BCUT2D eigenvalue weighted by atomic mass is 9.71. The van der Waals surface area contributed by atoms with E-state index >= 15 is 0 Å². The van der Waals surface area contributed by atoms with Gasteiger partial charge in [-0.3, -0.25) is 0 Å². The van der Waals surface area contributed by atoms with Gasteiger partial charge in [0, 0.05) is 17.9 Å². The summed E-state index contributed by atoms with van der Waals surface area (Å²) in [5.74, 6) is 2.15. The third kappa shape index (κ3) is 2.75. The van der Waals surface area contributed by atoms with Crippen LogP contribution in [-0.2, 0) is 0 Å². The number of hydrogen-bond acceptors (Lipinski definition) is 2. The van der Waals surface area contributed by atoms with Crippen molar-refractivity contribution in [2.24, 2.45) is 0 Å². The number of fused-ring (bicyclic) bond motifs is 3. The number of ether oxygens (including phenoxy) is 1. The molecule has 2 aromatic rings. The number of halogens is 1. The Hall–Kier alpha value is -1.51. The molecule has 0 spiro atoms. The van der Waals surface area contributed by atoms with Gasteiger partial charge in [-0.2, -0.15) is 0 Å². The molecule has 122 valence electrons. The summed E-state index contributed by atoms with van der Waals surface area (Å²) in [6.07, 6.45) is 2.51. The highest BCUT2D eigenvalue weighted by molar-refractivity contribution is 5.85. The maximum atomic E-state index is 5.43. The minimum atomic E-state index is 0. The Balaban J connectivity index is 0.00000156. The fourth-order valence-electron chi connectivity index (χ4n) is 4.42. The van der Waals surface area contributed by atoms with Gasteiger partial charge in [0.25, 0.3) is 0 Å². The summed E-state index contributed by atoms with van der Waals surface area (Å²) in [6, 6.07) is 18.3. The van der Waals surface area contributed by atoms with Gasteiger partial charge in [-0.15, -0.1) is 12.4 Å². The molecule has 2 aliphatic rings. The summed E-state index contributed by atoms with van der Waals surface area (Å²) in [4.78, 5) is 2.55. The normalized spacial score (nSPS) is 26.1. The summed E-state index contributed by atoms with van der Waals surface area (Å²) in [5, 5.41) is 0. The molecule has 3 heteroatoms. The maximum Gasteiger partial charge on any atom is 0.119 e. The highest BCUT2D eigenvalue weighted by atomic mass is 35.5. The number of rotatable bonds is 2. The predicted molar refractivity (Wildman–Crippen MR) is 96.9 cm³/mol. The van der Waals surface area contributed by atoms with Crippen LogP contribution in [0, 0.1) is 0 Å². The zero-order chi connectivity index (χ0) is 15.1. The molecule has 1 aliphatic heterocycles. The van der Waals surface area contributed by atoms with Crippen LogP contribution in [-0.4, -0.2) is 31.6 Å². The monoisotopic (exact) mass is 329 g/mol. The maximum absolute atomic E-state index is 5.43. The van der Waals surface area contributed by atoms with E-state index in [0.717, 1.165) is 5.75 Å². The fourth-order valence-corrected chi connectivity index (χ4v) is 4.42. The van der Waals surface area contributed by atoms with Crippen LogP contribution >= 0.6 is 12.4 Å². The van der Waals surface area contributed by atoms with Crippen LogP contribution in [0.3, 0.4) is 0 Å². The van der Waals surface area contributed by atoms with Crippen molar-refractivity contribution in [2.45, 2.75) is 30.7 Å². The molecule has 1 fully saturated rings. The quantitative estimate of drug-likeness (QED) is 0.807. The lowest BCUT2D eigenvalue weighted by Gasteiger charge is -2.37. The van der Waals surface area contributed by atoms with Gasteiger partial charge in [-0.1, -0.05) is 36.4 Å². The Morgan fingerprint density at radius 1 is 1.04 bits per heavy atom. The largest absolute Gasteiger partial charge is 0.497 e. The van der Waals surface area contributed by atoms with Gasteiger partial charge in [-0.05, 0) is 55.3 Å². The zero-order valence-electron chi connectivity index (χ0n) is 13.7. The molecule has 1 saturated heterocycles. The van der Waals surface area contributed by atoms with Crippen molar-refractivity contribution in [2.75, 3.05) is 20.7 Å². The summed E-state index contributed by atoms with van der Waals surface area (Å²) in [7, 11) is 4.02. The molecule has 2 unspecified atom stereocenters. The molecular weight excluding hydrogens is 306 g/mol. The van der Waals surface area contributed by atoms with E-state index in [4.69, 9.17) is 4.74 Å². The van der Waals surface area contributed by atoms with Gasteiger partial charge in [0.1, 0.15) is 5.75 Å². The zero-order valence-corrected chi connectivity index (χ0v) is 14.6. The third-order valence-corrected chi connectivity index (χ3v) is 5.57. The molecule has 23 heavy (non-hydrogen) atoms. The smallest absolute Gasteiger partial charge is 0.119 e. The SMILES string of the molecule is COc1cccc(C2C[C@H]3C(CCN3C)c3ccccc32)c1.Cl. The van der Waals surface area contributed by atoms with Crippen molar-refractivity contribution in [3.63, 3.8) is 0 Å². The van der Waals surface area contributed by atoms with Crippen LogP contribution in [0.25, 0.3) is 0 Å². The average molecular weight is 330 g/mol. The van der Waals surface area contributed by atoms with E-state index in [-0.39, 0.29) is 12.4 Å². The number of likely N-dealkylation sites (N-methyl/N-ethyl adjacent to an activating group) is 1. The predicted octanol–water partition coefficient (Wildman–Crippen LogP) is 4.44. The van der Waals surface area contributed by atoms with Gasteiger partial charge < -0.3 is 9.64 Å². The van der Waals surface area contributed by atoms with E-state index in [1.165, 1.54) is 30.5 Å². The van der Waals surface area contributed by atoms with Gasteiger partial charge in [0.2, 0.25) is 0 Å². The second-order valence-electron chi connectivity index (χ2n) is 6.64. The van der Waals surface area contributed by atoms with Gasteiger partial charge in [0.05, 0.1) is 7.11 Å². The molecule has 0 radical (unpaired) electrons. The van der Waals surface area contributed by atoms with Crippen LogP contribution in [0.1, 0.15) is 41.4 Å². The van der Waals surface area contributed by atoms with Crippen LogP contribution < -0.4 is 4.74 Å². The molecule has 1 aliphatic carbocycles. The number of nitrogens with zero attached hydrogens (tertiary/aromatic N) is 1. The van der Waals surface area contributed by atoms with Crippen molar-refractivity contribution in [1.82, 2.24) is 4.90 Å². The Morgan fingerprint density at radius 3 is 2.61 bits per heavy atom. The number of benzene rings is 2. The molecule has 1 heterocycles. The summed E-state index contributed by atoms with van der Waals surface area (Å²) >= 11 is 0. The molecule has 0 aromatic heterocycles. The first-order chi connectivity index (χ1) is 10.8. The Morgan fingerprint density at radius 2 is 1.83 bits per heavy atom. The Bertz CT molecular complexity index is 687. The Labute approximate surface area is 144 Å². The first-order valence-electron chi connectivity index (χ1n) is 8.21. The molecule has 2 nitrogen and oxygen atoms in total. The van der Waals surface area contributed by atoms with E-state index < -0.39 is 0 Å². The molecular formula is C20H24ClNO. The van der Waals surface area contributed by atoms with Crippen molar-refractivity contribution < 1.29 is 4.74 Å². The lowest BCUT2D eigenvalue weighted by molar-refractivity contribution is 0.265. The highest BCUT2D eigenvalue weighted by Gasteiger charge is 2.40. The minimum absolute atomic E-state index is 0. The van der Waals surface area contributed by atoms with Crippen LogP contribution in [0.5, 0.6) is 5.75 Å². The Kier molecular flexibility index (Phi) is 4.65. The van der Waals surface area contributed by atoms with E-state index in [2.05, 4.69) is 54.4 Å². The van der Waals surface area contributed by atoms with Crippen LogP contribution in [0.4, 0.5) is 0 Å². The van der Waals surface area contributed by atoms with Crippen LogP contribution in [0.15, 0.2) is 48.5 Å². The van der Waals surface area contributed by atoms with Crippen LogP contribution in [0.2, 0.25) is 0 Å². The van der Waals surface area contributed by atoms with E-state index in [1.807, 2.05) is 6.07 Å². The lowest BCUT2D eigenvalue weighted by Crippen LogP contribution is -2.34. The molecule has 0 bridgehead atoms. The van der Waals surface area contributed by atoms with E-state index in [9.17, 15) is 0 Å². The number of methoxy groups -OCH3 is 1. The topological polar surface area (TPSA) is 12.5 Å². The van der Waals surface area contributed by atoms with Gasteiger partial charge in [0.15, 0.2) is 0 Å².